The minimum Gasteiger partial charge on any atom is -0.454 e. The van der Waals surface area contributed by atoms with Gasteiger partial charge in [-0.15, -0.1) is 0 Å². The van der Waals surface area contributed by atoms with Crippen LogP contribution in [0.25, 0.3) is 5.82 Å². The topological polar surface area (TPSA) is 51.5 Å². The van der Waals surface area contributed by atoms with E-state index in [1.54, 1.807) is 6.20 Å². The first-order valence-corrected chi connectivity index (χ1v) is 10.3. The van der Waals surface area contributed by atoms with Crippen LogP contribution in [0.2, 0.25) is 5.02 Å². The van der Waals surface area contributed by atoms with Gasteiger partial charge in [-0.25, -0.2) is 4.98 Å². The number of ether oxygens (including phenoxy) is 2. The number of hydrogen-bond acceptors (Lipinski definition) is 5. The molecular weight excluding hydrogens is 388 g/mol. The second kappa shape index (κ2) is 7.97. The van der Waals surface area contributed by atoms with Crippen molar-refractivity contribution < 1.29 is 9.47 Å². The van der Waals surface area contributed by atoms with Crippen LogP contribution < -0.4 is 14.8 Å². The lowest BCUT2D eigenvalue weighted by Crippen LogP contribution is -2.41. The van der Waals surface area contributed by atoms with Crippen molar-refractivity contribution in [1.82, 2.24) is 14.5 Å². The van der Waals surface area contributed by atoms with E-state index in [1.807, 2.05) is 24.3 Å². The standard InChI is InChI=1S/C22H23ClN4O2/c23-16-5-8-22(24-12-16)27-10-2-4-19(27)14-26-9-1-3-18(13-26)25-17-6-7-20-21(11-17)29-15-28-20/h2,4-8,10-12,18,25H,1,3,9,13-15H2. The molecule has 0 bridgehead atoms. The summed E-state index contributed by atoms with van der Waals surface area (Å²) >= 11 is 5.98. The number of benzene rings is 1. The maximum atomic E-state index is 5.98. The van der Waals surface area contributed by atoms with E-state index in [1.165, 1.54) is 12.1 Å². The van der Waals surface area contributed by atoms with Crippen LogP contribution in [0.4, 0.5) is 5.69 Å². The summed E-state index contributed by atoms with van der Waals surface area (Å²) in [6.07, 6.45) is 6.07. The molecule has 3 aromatic rings. The second-order valence-corrected chi connectivity index (χ2v) is 7.93. The number of nitrogens with zero attached hydrogens (tertiary/aromatic N) is 3. The molecule has 5 rings (SSSR count). The summed E-state index contributed by atoms with van der Waals surface area (Å²) in [5, 5.41) is 4.31. The molecule has 1 saturated heterocycles. The third-order valence-electron chi connectivity index (χ3n) is 5.43. The fourth-order valence-electron chi connectivity index (χ4n) is 4.05. The third kappa shape index (κ3) is 4.04. The fourth-order valence-corrected chi connectivity index (χ4v) is 4.16. The Morgan fingerprint density at radius 3 is 2.97 bits per heavy atom. The summed E-state index contributed by atoms with van der Waals surface area (Å²) < 4.78 is 13.0. The molecule has 1 atom stereocenters. The van der Waals surface area contributed by atoms with E-state index in [9.17, 15) is 0 Å². The Morgan fingerprint density at radius 1 is 1.14 bits per heavy atom. The highest BCUT2D eigenvalue weighted by Crippen LogP contribution is 2.34. The van der Waals surface area contributed by atoms with E-state index < -0.39 is 0 Å². The predicted molar refractivity (Wildman–Crippen MR) is 113 cm³/mol. The number of hydrogen-bond donors (Lipinski definition) is 1. The van der Waals surface area contributed by atoms with Crippen LogP contribution in [0.3, 0.4) is 0 Å². The smallest absolute Gasteiger partial charge is 0.231 e. The van der Waals surface area contributed by atoms with Crippen LogP contribution in [0.5, 0.6) is 11.5 Å². The molecule has 0 radical (unpaired) electrons. The lowest BCUT2D eigenvalue weighted by molar-refractivity contribution is 0.174. The summed E-state index contributed by atoms with van der Waals surface area (Å²) in [6, 6.07) is 14.5. The number of pyridine rings is 1. The molecule has 4 heterocycles. The van der Waals surface area contributed by atoms with E-state index in [0.717, 1.165) is 49.1 Å². The molecule has 2 aromatic heterocycles. The van der Waals surface area contributed by atoms with Gasteiger partial charge in [0.2, 0.25) is 6.79 Å². The molecule has 1 N–H and O–H groups in total. The molecule has 7 heteroatoms. The molecule has 6 nitrogen and oxygen atoms in total. The van der Waals surface area contributed by atoms with Gasteiger partial charge in [-0.2, -0.15) is 0 Å². The van der Waals surface area contributed by atoms with Crippen LogP contribution in [0.15, 0.2) is 54.9 Å². The van der Waals surface area contributed by atoms with Crippen molar-refractivity contribution in [2.45, 2.75) is 25.4 Å². The van der Waals surface area contributed by atoms with Gasteiger partial charge in [-0.1, -0.05) is 11.6 Å². The molecule has 0 saturated carbocycles. The number of likely N-dealkylation sites (tertiary alicyclic amines) is 1. The first-order chi connectivity index (χ1) is 14.2. The minimum atomic E-state index is 0.304. The summed E-state index contributed by atoms with van der Waals surface area (Å²) in [5.41, 5.74) is 2.30. The molecule has 2 aliphatic rings. The zero-order valence-electron chi connectivity index (χ0n) is 16.1. The number of fused-ring (bicyclic) bond motifs is 1. The number of halogens is 1. The van der Waals surface area contributed by atoms with Gasteiger partial charge in [0.15, 0.2) is 11.5 Å². The van der Waals surface area contributed by atoms with Crippen molar-refractivity contribution in [3.8, 4) is 17.3 Å². The fraction of sp³-hybridized carbons (Fsp3) is 0.318. The SMILES string of the molecule is Clc1ccc(-n2cccc2CN2CCCC(Nc3ccc4c(c3)OCO4)C2)nc1. The Balaban J connectivity index is 1.25. The number of rotatable bonds is 5. The Hall–Kier alpha value is -2.70. The maximum absolute atomic E-state index is 5.98. The quantitative estimate of drug-likeness (QED) is 0.678. The van der Waals surface area contributed by atoms with Crippen LogP contribution in [-0.4, -0.2) is 40.4 Å². The highest BCUT2D eigenvalue weighted by atomic mass is 35.5. The predicted octanol–water partition coefficient (Wildman–Crippen LogP) is 4.33. The Kier molecular flexibility index (Phi) is 5.04. The van der Waals surface area contributed by atoms with Crippen molar-refractivity contribution in [2.75, 3.05) is 25.2 Å². The van der Waals surface area contributed by atoms with Gasteiger partial charge in [0, 0.05) is 49.0 Å². The number of aromatic nitrogens is 2. The minimum absolute atomic E-state index is 0.304. The van der Waals surface area contributed by atoms with E-state index >= 15 is 0 Å². The van der Waals surface area contributed by atoms with Crippen molar-refractivity contribution in [2.24, 2.45) is 0 Å². The van der Waals surface area contributed by atoms with Crippen LogP contribution in [0, 0.1) is 0 Å². The van der Waals surface area contributed by atoms with Gasteiger partial charge >= 0.3 is 0 Å². The van der Waals surface area contributed by atoms with Crippen LogP contribution >= 0.6 is 11.6 Å². The zero-order valence-corrected chi connectivity index (χ0v) is 16.8. The number of piperidine rings is 1. The molecule has 0 aliphatic carbocycles. The largest absolute Gasteiger partial charge is 0.454 e. The Morgan fingerprint density at radius 2 is 2.07 bits per heavy atom. The zero-order chi connectivity index (χ0) is 19.6. The highest BCUT2D eigenvalue weighted by Gasteiger charge is 2.22. The van der Waals surface area contributed by atoms with E-state index in [2.05, 4.69) is 44.2 Å². The average Bonchev–Trinajstić information content (AvgIpc) is 3.38. The molecule has 2 aliphatic heterocycles. The molecule has 1 aromatic carbocycles. The van der Waals surface area contributed by atoms with E-state index in [-0.39, 0.29) is 0 Å². The van der Waals surface area contributed by atoms with Gasteiger partial charge < -0.3 is 19.4 Å². The lowest BCUT2D eigenvalue weighted by atomic mass is 10.0. The molecule has 1 unspecified atom stereocenters. The summed E-state index contributed by atoms with van der Waals surface area (Å²) in [7, 11) is 0. The van der Waals surface area contributed by atoms with Gasteiger partial charge in [0.25, 0.3) is 0 Å². The number of nitrogens with one attached hydrogen (secondary N) is 1. The average molecular weight is 411 g/mol. The third-order valence-corrected chi connectivity index (χ3v) is 5.65. The van der Waals surface area contributed by atoms with Gasteiger partial charge in [-0.05, 0) is 55.8 Å². The van der Waals surface area contributed by atoms with E-state index in [4.69, 9.17) is 21.1 Å². The maximum Gasteiger partial charge on any atom is 0.231 e. The molecular formula is C22H23ClN4O2. The Bertz CT molecular complexity index is 989. The summed E-state index contributed by atoms with van der Waals surface area (Å²) in [4.78, 5) is 6.95. The van der Waals surface area contributed by atoms with Crippen molar-refractivity contribution in [3.63, 3.8) is 0 Å². The van der Waals surface area contributed by atoms with Crippen molar-refractivity contribution in [3.05, 3.63) is 65.6 Å². The normalized spacial score (nSPS) is 18.7. The monoisotopic (exact) mass is 410 g/mol. The van der Waals surface area contributed by atoms with Crippen LogP contribution in [0.1, 0.15) is 18.5 Å². The molecule has 0 spiro atoms. The lowest BCUT2D eigenvalue weighted by Gasteiger charge is -2.33. The first kappa shape index (κ1) is 18.3. The summed E-state index contributed by atoms with van der Waals surface area (Å²) in [6.45, 7) is 3.28. The van der Waals surface area contributed by atoms with Crippen LogP contribution in [-0.2, 0) is 6.54 Å². The highest BCUT2D eigenvalue weighted by molar-refractivity contribution is 6.30. The van der Waals surface area contributed by atoms with E-state index in [0.29, 0.717) is 17.9 Å². The first-order valence-electron chi connectivity index (χ1n) is 9.91. The Labute approximate surface area is 175 Å². The van der Waals surface area contributed by atoms with Gasteiger partial charge in [-0.3, -0.25) is 4.90 Å². The number of anilines is 1. The molecule has 150 valence electrons. The van der Waals surface area contributed by atoms with Crippen molar-refractivity contribution >= 4 is 17.3 Å². The van der Waals surface area contributed by atoms with Gasteiger partial charge in [0.1, 0.15) is 5.82 Å². The van der Waals surface area contributed by atoms with Gasteiger partial charge in [0.05, 0.1) is 5.02 Å². The molecule has 29 heavy (non-hydrogen) atoms. The molecule has 0 amide bonds. The molecule has 1 fully saturated rings. The second-order valence-electron chi connectivity index (χ2n) is 7.49. The summed E-state index contributed by atoms with van der Waals surface area (Å²) in [5.74, 6) is 2.52. The van der Waals surface area contributed by atoms with Crippen molar-refractivity contribution in [1.29, 1.82) is 0 Å².